The van der Waals surface area contributed by atoms with Gasteiger partial charge in [-0.1, -0.05) is 11.6 Å². The van der Waals surface area contributed by atoms with E-state index in [1.54, 1.807) is 0 Å². The Labute approximate surface area is 125 Å². The third kappa shape index (κ3) is 2.36. The van der Waals surface area contributed by atoms with Gasteiger partial charge in [0.05, 0.1) is 10.6 Å². The van der Waals surface area contributed by atoms with Crippen molar-refractivity contribution in [3.8, 4) is 16.2 Å². The van der Waals surface area contributed by atoms with Crippen LogP contribution in [0.15, 0.2) is 18.2 Å². The monoisotopic (exact) mass is 334 g/mol. The summed E-state index contributed by atoms with van der Waals surface area (Å²) in [5, 5.41) is 8.54. The molecule has 0 radical (unpaired) electrons. The first-order valence-electron chi connectivity index (χ1n) is 5.67. The molecule has 0 bridgehead atoms. The maximum absolute atomic E-state index is 12.8. The Balaban J connectivity index is 2.17. The van der Waals surface area contributed by atoms with Crippen molar-refractivity contribution < 1.29 is 27.8 Å². The first-order chi connectivity index (χ1) is 9.77. The normalized spacial score (nSPS) is 13.3. The summed E-state index contributed by atoms with van der Waals surface area (Å²) in [7, 11) is 0. The van der Waals surface area contributed by atoms with E-state index in [0.717, 1.165) is 17.4 Å². The second kappa shape index (κ2) is 4.64. The SMILES string of the molecule is O=C(O)c1cc2c(s1)-c1cc(Cl)c(C(F)(F)F)cc1OC2. The molecule has 3 rings (SSSR count). The van der Waals surface area contributed by atoms with E-state index in [0.29, 0.717) is 16.0 Å². The van der Waals surface area contributed by atoms with Gasteiger partial charge in [0.2, 0.25) is 0 Å². The number of fused-ring (bicyclic) bond motifs is 3. The van der Waals surface area contributed by atoms with Gasteiger partial charge in [0, 0.05) is 16.0 Å². The molecule has 0 spiro atoms. The van der Waals surface area contributed by atoms with Crippen molar-refractivity contribution in [3.63, 3.8) is 0 Å². The van der Waals surface area contributed by atoms with Gasteiger partial charge in [-0.3, -0.25) is 0 Å². The lowest BCUT2D eigenvalue weighted by atomic mass is 10.0. The number of hydrogen-bond acceptors (Lipinski definition) is 3. The highest BCUT2D eigenvalue weighted by atomic mass is 35.5. The molecule has 110 valence electrons. The number of carbonyl (C=O) groups is 1. The lowest BCUT2D eigenvalue weighted by Crippen LogP contribution is -2.09. The van der Waals surface area contributed by atoms with Crippen LogP contribution in [0.1, 0.15) is 20.8 Å². The third-order valence-corrected chi connectivity index (χ3v) is 4.53. The average Bonchev–Trinajstić information content (AvgIpc) is 2.81. The van der Waals surface area contributed by atoms with Crippen LogP contribution in [0.2, 0.25) is 5.02 Å². The highest BCUT2D eigenvalue weighted by molar-refractivity contribution is 7.17. The number of alkyl halides is 3. The van der Waals surface area contributed by atoms with E-state index in [-0.39, 0.29) is 17.2 Å². The fraction of sp³-hybridized carbons (Fsp3) is 0.154. The second-order valence-corrected chi connectivity index (χ2v) is 5.84. The van der Waals surface area contributed by atoms with Crippen molar-refractivity contribution in [2.45, 2.75) is 12.8 Å². The minimum atomic E-state index is -4.57. The van der Waals surface area contributed by atoms with Crippen LogP contribution in [0, 0.1) is 0 Å². The molecule has 1 aromatic heterocycles. The molecule has 1 aliphatic rings. The highest BCUT2D eigenvalue weighted by Crippen LogP contribution is 2.47. The van der Waals surface area contributed by atoms with Crippen LogP contribution in [0.4, 0.5) is 13.2 Å². The second-order valence-electron chi connectivity index (χ2n) is 4.38. The topological polar surface area (TPSA) is 46.5 Å². The van der Waals surface area contributed by atoms with E-state index in [9.17, 15) is 18.0 Å². The Hall–Kier alpha value is -1.73. The first kappa shape index (κ1) is 14.2. The van der Waals surface area contributed by atoms with Crippen molar-refractivity contribution in [1.29, 1.82) is 0 Å². The molecule has 2 heterocycles. The fourth-order valence-corrected chi connectivity index (χ4v) is 3.39. The van der Waals surface area contributed by atoms with E-state index in [4.69, 9.17) is 21.4 Å². The maximum atomic E-state index is 12.8. The molecule has 0 amide bonds. The zero-order valence-corrected chi connectivity index (χ0v) is 11.7. The van der Waals surface area contributed by atoms with Gasteiger partial charge in [0.25, 0.3) is 0 Å². The molecule has 1 aliphatic heterocycles. The van der Waals surface area contributed by atoms with Crippen molar-refractivity contribution >= 4 is 28.9 Å². The van der Waals surface area contributed by atoms with Gasteiger partial charge in [-0.2, -0.15) is 13.2 Å². The summed E-state index contributed by atoms with van der Waals surface area (Å²) in [5.41, 5.74) is 0.0360. The zero-order chi connectivity index (χ0) is 15.4. The standard InChI is InChI=1S/C13H6ClF3O3S/c14-8-2-6-9(3-7(8)13(15,16)17)20-4-5-1-10(12(18)19)21-11(5)6/h1-3H,4H2,(H,18,19). The Bertz CT molecular complexity index is 752. The Morgan fingerprint density at radius 3 is 2.67 bits per heavy atom. The smallest absolute Gasteiger partial charge is 0.417 e. The molecule has 0 fully saturated rings. The van der Waals surface area contributed by atoms with Gasteiger partial charge in [0.15, 0.2) is 0 Å². The van der Waals surface area contributed by atoms with E-state index in [1.807, 2.05) is 0 Å². The van der Waals surface area contributed by atoms with E-state index < -0.39 is 22.7 Å². The number of thiophene rings is 1. The molecule has 8 heteroatoms. The number of ether oxygens (including phenoxy) is 1. The minimum absolute atomic E-state index is 0.0328. The molecule has 0 atom stereocenters. The molecule has 0 saturated heterocycles. The van der Waals surface area contributed by atoms with Gasteiger partial charge in [-0.25, -0.2) is 4.79 Å². The minimum Gasteiger partial charge on any atom is -0.488 e. The van der Waals surface area contributed by atoms with Crippen molar-refractivity contribution in [3.05, 3.63) is 39.2 Å². The summed E-state index contributed by atoms with van der Waals surface area (Å²) in [6.45, 7) is 0.0328. The van der Waals surface area contributed by atoms with Crippen LogP contribution in [0.3, 0.4) is 0 Å². The van der Waals surface area contributed by atoms with Crippen molar-refractivity contribution in [1.82, 2.24) is 0 Å². The molecule has 1 N–H and O–H groups in total. The lowest BCUT2D eigenvalue weighted by Gasteiger charge is -2.20. The summed E-state index contributed by atoms with van der Waals surface area (Å²) in [4.78, 5) is 11.7. The van der Waals surface area contributed by atoms with E-state index in [1.165, 1.54) is 12.1 Å². The summed E-state index contributed by atoms with van der Waals surface area (Å²) >= 11 is 6.68. The van der Waals surface area contributed by atoms with E-state index >= 15 is 0 Å². The summed E-state index contributed by atoms with van der Waals surface area (Å²) < 4.78 is 43.7. The van der Waals surface area contributed by atoms with Crippen LogP contribution in [-0.4, -0.2) is 11.1 Å². The average molecular weight is 335 g/mol. The fourth-order valence-electron chi connectivity index (χ4n) is 2.09. The van der Waals surface area contributed by atoms with Crippen LogP contribution >= 0.6 is 22.9 Å². The number of aromatic carboxylic acids is 1. The number of halogens is 4. The van der Waals surface area contributed by atoms with Crippen LogP contribution in [0.25, 0.3) is 10.4 Å². The summed E-state index contributed by atoms with van der Waals surface area (Å²) in [5.74, 6) is -1.04. The number of hydrogen-bond donors (Lipinski definition) is 1. The van der Waals surface area contributed by atoms with Gasteiger partial charge >= 0.3 is 12.1 Å². The van der Waals surface area contributed by atoms with Crippen molar-refractivity contribution in [2.24, 2.45) is 0 Å². The van der Waals surface area contributed by atoms with Crippen LogP contribution in [0.5, 0.6) is 5.75 Å². The number of carboxylic acids is 1. The summed E-state index contributed by atoms with van der Waals surface area (Å²) in [6, 6.07) is 3.47. The van der Waals surface area contributed by atoms with Crippen molar-refractivity contribution in [2.75, 3.05) is 0 Å². The Morgan fingerprint density at radius 2 is 2.05 bits per heavy atom. The van der Waals surface area contributed by atoms with Gasteiger partial charge in [0.1, 0.15) is 17.2 Å². The van der Waals surface area contributed by atoms with E-state index in [2.05, 4.69) is 0 Å². The molecule has 2 aromatic rings. The maximum Gasteiger partial charge on any atom is 0.417 e. The quantitative estimate of drug-likeness (QED) is 0.823. The summed E-state index contributed by atoms with van der Waals surface area (Å²) in [6.07, 6.45) is -4.57. The number of rotatable bonds is 1. The molecule has 21 heavy (non-hydrogen) atoms. The first-order valence-corrected chi connectivity index (χ1v) is 6.86. The van der Waals surface area contributed by atoms with Gasteiger partial charge in [-0.15, -0.1) is 11.3 Å². The number of carboxylic acid groups (broad SMARTS) is 1. The molecule has 0 unspecified atom stereocenters. The van der Waals surface area contributed by atoms with Crippen LogP contribution in [-0.2, 0) is 12.8 Å². The predicted molar refractivity (Wildman–Crippen MR) is 71.1 cm³/mol. The van der Waals surface area contributed by atoms with Gasteiger partial charge < -0.3 is 9.84 Å². The molecule has 0 aliphatic carbocycles. The molecular formula is C13H6ClF3O3S. The molecular weight excluding hydrogens is 329 g/mol. The molecule has 1 aromatic carbocycles. The molecule has 0 saturated carbocycles. The highest BCUT2D eigenvalue weighted by Gasteiger charge is 2.35. The third-order valence-electron chi connectivity index (χ3n) is 3.02. The number of benzene rings is 1. The van der Waals surface area contributed by atoms with Crippen LogP contribution < -0.4 is 4.74 Å². The Kier molecular flexibility index (Phi) is 3.14. The lowest BCUT2D eigenvalue weighted by molar-refractivity contribution is -0.137. The Morgan fingerprint density at radius 1 is 1.33 bits per heavy atom. The predicted octanol–water partition coefficient (Wildman–Crippen LogP) is 4.68. The molecule has 3 nitrogen and oxygen atoms in total. The largest absolute Gasteiger partial charge is 0.488 e. The zero-order valence-electron chi connectivity index (χ0n) is 10.1. The van der Waals surface area contributed by atoms with Gasteiger partial charge in [-0.05, 0) is 18.2 Å².